The van der Waals surface area contributed by atoms with Crippen molar-refractivity contribution in [3.63, 3.8) is 0 Å². The van der Waals surface area contributed by atoms with Crippen LogP contribution in [0.5, 0.6) is 0 Å². The topological polar surface area (TPSA) is 12.4 Å². The van der Waals surface area contributed by atoms with E-state index in [4.69, 9.17) is 0 Å². The zero-order chi connectivity index (χ0) is 10.3. The molecule has 0 fully saturated rings. The molecule has 14 heavy (non-hydrogen) atoms. The second kappa shape index (κ2) is 2.83. The molecule has 1 aliphatic rings. The zero-order valence-electron chi connectivity index (χ0n) is 7.52. The Bertz CT molecular complexity index is 404. The molecule has 0 amide bonds. The third kappa shape index (κ3) is 1.64. The molecule has 1 aromatic carbocycles. The lowest BCUT2D eigenvalue weighted by atomic mass is 10.0. The highest BCUT2D eigenvalue weighted by Crippen LogP contribution is 2.34. The maximum absolute atomic E-state index is 12.6. The normalized spacial score (nSPS) is 15.3. The highest BCUT2D eigenvalue weighted by atomic mass is 19.4. The van der Waals surface area contributed by atoms with Crippen molar-refractivity contribution in [3.8, 4) is 0 Å². The van der Waals surface area contributed by atoms with E-state index in [1.807, 2.05) is 0 Å². The van der Waals surface area contributed by atoms with Crippen molar-refractivity contribution in [2.24, 2.45) is 4.99 Å². The molecule has 0 bridgehead atoms. The Kier molecular flexibility index (Phi) is 1.87. The van der Waals surface area contributed by atoms with E-state index < -0.39 is 11.7 Å². The number of aliphatic imine (C=N–C) groups is 1. The molecule has 4 heteroatoms. The van der Waals surface area contributed by atoms with Gasteiger partial charge in [0, 0.05) is 5.56 Å². The predicted octanol–water partition coefficient (Wildman–Crippen LogP) is 2.82. The van der Waals surface area contributed by atoms with Gasteiger partial charge in [-0.2, -0.15) is 13.2 Å². The number of aryl methyl sites for hydroxylation is 1. The summed E-state index contributed by atoms with van der Waals surface area (Å²) >= 11 is 0. The molecule has 0 saturated carbocycles. The van der Waals surface area contributed by atoms with Crippen LogP contribution in [-0.2, 0) is 6.18 Å². The summed E-state index contributed by atoms with van der Waals surface area (Å²) in [6.07, 6.45) is -4.29. The second-order valence-corrected chi connectivity index (χ2v) is 3.31. The van der Waals surface area contributed by atoms with E-state index in [0.717, 1.165) is 6.07 Å². The van der Waals surface area contributed by atoms with Crippen molar-refractivity contribution in [3.05, 3.63) is 34.9 Å². The Morgan fingerprint density at radius 1 is 1.29 bits per heavy atom. The largest absolute Gasteiger partial charge is 0.417 e. The lowest BCUT2D eigenvalue weighted by Crippen LogP contribution is -2.10. The van der Waals surface area contributed by atoms with Crippen molar-refractivity contribution in [2.75, 3.05) is 6.54 Å². The second-order valence-electron chi connectivity index (χ2n) is 3.31. The smallest absolute Gasteiger partial charge is 0.281 e. The molecule has 0 spiro atoms. The van der Waals surface area contributed by atoms with Crippen LogP contribution in [0.3, 0.4) is 0 Å². The molecule has 2 rings (SSSR count). The summed E-state index contributed by atoms with van der Waals surface area (Å²) in [4.78, 5) is 3.79. The minimum Gasteiger partial charge on any atom is -0.281 e. The van der Waals surface area contributed by atoms with E-state index in [-0.39, 0.29) is 5.56 Å². The maximum atomic E-state index is 12.6. The molecule has 1 aliphatic heterocycles. The van der Waals surface area contributed by atoms with E-state index in [1.165, 1.54) is 6.07 Å². The zero-order valence-corrected chi connectivity index (χ0v) is 7.52. The minimum absolute atomic E-state index is 0.225. The van der Waals surface area contributed by atoms with Crippen LogP contribution in [0.4, 0.5) is 13.2 Å². The molecule has 0 atom stereocenters. The number of hydrogen-bond acceptors (Lipinski definition) is 1. The molecule has 0 radical (unpaired) electrons. The van der Waals surface area contributed by atoms with Crippen molar-refractivity contribution < 1.29 is 13.2 Å². The van der Waals surface area contributed by atoms with Gasteiger partial charge in [-0.05, 0) is 13.0 Å². The van der Waals surface area contributed by atoms with E-state index in [1.54, 1.807) is 13.0 Å². The average Bonchev–Trinajstić information content (AvgIpc) is 2.85. The first kappa shape index (κ1) is 9.24. The van der Waals surface area contributed by atoms with E-state index in [0.29, 0.717) is 17.8 Å². The van der Waals surface area contributed by atoms with Gasteiger partial charge in [-0.25, -0.2) is 0 Å². The number of rotatable bonds is 1. The highest BCUT2D eigenvalue weighted by Gasteiger charge is 2.35. The standard InChI is InChI=1S/C10H8F3N/c1-6-2-3-7(9-5-14-9)8(4-6)10(11,12)13/h2-4H,5H2,1H3. The Hall–Kier alpha value is -1.32. The molecule has 0 N–H and O–H groups in total. The molecule has 0 aliphatic carbocycles. The van der Waals surface area contributed by atoms with Gasteiger partial charge in [0.25, 0.3) is 0 Å². The van der Waals surface area contributed by atoms with Gasteiger partial charge in [-0.3, -0.25) is 4.99 Å². The van der Waals surface area contributed by atoms with E-state index in [2.05, 4.69) is 4.99 Å². The number of halogens is 3. The summed E-state index contributed by atoms with van der Waals surface area (Å²) in [5.74, 6) is 0. The third-order valence-corrected chi connectivity index (χ3v) is 2.11. The van der Waals surface area contributed by atoms with Crippen LogP contribution < -0.4 is 0 Å². The quantitative estimate of drug-likeness (QED) is 0.659. The molecule has 0 saturated heterocycles. The SMILES string of the molecule is Cc1ccc(C2=NC2)c(C(F)(F)F)c1. The molecular formula is C10H8F3N. The summed E-state index contributed by atoms with van der Waals surface area (Å²) in [5.41, 5.74) is 0.816. The van der Waals surface area contributed by atoms with Crippen LogP contribution in [0.25, 0.3) is 0 Å². The van der Waals surface area contributed by atoms with Crippen molar-refractivity contribution in [1.29, 1.82) is 0 Å². The summed E-state index contributed by atoms with van der Waals surface area (Å²) in [6.45, 7) is 2.08. The van der Waals surface area contributed by atoms with E-state index in [9.17, 15) is 13.2 Å². The van der Waals surface area contributed by atoms with Gasteiger partial charge in [0.2, 0.25) is 0 Å². The van der Waals surface area contributed by atoms with Crippen LogP contribution in [0, 0.1) is 6.92 Å². The van der Waals surface area contributed by atoms with Crippen molar-refractivity contribution >= 4 is 5.71 Å². The van der Waals surface area contributed by atoms with Gasteiger partial charge in [0.1, 0.15) is 0 Å². The lowest BCUT2D eigenvalue weighted by molar-refractivity contribution is -0.137. The fourth-order valence-electron chi connectivity index (χ4n) is 1.35. The molecule has 1 aromatic rings. The fraction of sp³-hybridized carbons (Fsp3) is 0.300. The van der Waals surface area contributed by atoms with Crippen LogP contribution in [0.15, 0.2) is 23.2 Å². The number of nitrogens with zero attached hydrogens (tertiary/aromatic N) is 1. The monoisotopic (exact) mass is 199 g/mol. The molecule has 1 heterocycles. The van der Waals surface area contributed by atoms with Gasteiger partial charge in [-0.15, -0.1) is 0 Å². The van der Waals surface area contributed by atoms with Crippen molar-refractivity contribution in [2.45, 2.75) is 13.1 Å². The predicted molar refractivity (Wildman–Crippen MR) is 47.6 cm³/mol. The minimum atomic E-state index is -4.29. The van der Waals surface area contributed by atoms with Crippen LogP contribution >= 0.6 is 0 Å². The van der Waals surface area contributed by atoms with Gasteiger partial charge in [-0.1, -0.05) is 17.7 Å². The first-order valence-electron chi connectivity index (χ1n) is 4.20. The van der Waals surface area contributed by atoms with Crippen LogP contribution in [0.1, 0.15) is 16.7 Å². The van der Waals surface area contributed by atoms with Gasteiger partial charge in [0.05, 0.1) is 17.8 Å². The lowest BCUT2D eigenvalue weighted by Gasteiger charge is -2.10. The Morgan fingerprint density at radius 3 is 2.43 bits per heavy atom. The fourth-order valence-corrected chi connectivity index (χ4v) is 1.35. The Morgan fingerprint density at radius 2 is 1.93 bits per heavy atom. The highest BCUT2D eigenvalue weighted by molar-refractivity contribution is 6.11. The van der Waals surface area contributed by atoms with Crippen molar-refractivity contribution in [1.82, 2.24) is 0 Å². The average molecular weight is 199 g/mol. The molecular weight excluding hydrogens is 191 g/mol. The number of benzene rings is 1. The Labute approximate surface area is 79.3 Å². The summed E-state index contributed by atoms with van der Waals surface area (Å²) in [5, 5.41) is 0. The molecule has 0 unspecified atom stereocenters. The first-order chi connectivity index (χ1) is 6.48. The number of alkyl halides is 3. The summed E-state index contributed by atoms with van der Waals surface area (Å²) < 4.78 is 37.7. The third-order valence-electron chi connectivity index (χ3n) is 2.11. The maximum Gasteiger partial charge on any atom is 0.417 e. The van der Waals surface area contributed by atoms with Gasteiger partial charge >= 0.3 is 6.18 Å². The van der Waals surface area contributed by atoms with E-state index >= 15 is 0 Å². The summed E-state index contributed by atoms with van der Waals surface area (Å²) in [7, 11) is 0. The summed E-state index contributed by atoms with van der Waals surface area (Å²) in [6, 6.07) is 4.32. The molecule has 74 valence electrons. The number of hydrogen-bond donors (Lipinski definition) is 0. The van der Waals surface area contributed by atoms with Gasteiger partial charge in [0.15, 0.2) is 0 Å². The van der Waals surface area contributed by atoms with Gasteiger partial charge < -0.3 is 0 Å². The van der Waals surface area contributed by atoms with Crippen LogP contribution in [0.2, 0.25) is 0 Å². The van der Waals surface area contributed by atoms with Crippen LogP contribution in [-0.4, -0.2) is 12.3 Å². The first-order valence-corrected chi connectivity index (χ1v) is 4.20. The molecule has 1 nitrogen and oxygen atoms in total. The molecule has 0 aromatic heterocycles. The Balaban J connectivity index is 2.54.